The number of anilines is 2. The van der Waals surface area contributed by atoms with Crippen molar-refractivity contribution in [2.75, 3.05) is 29.5 Å². The van der Waals surface area contributed by atoms with Gasteiger partial charge in [0.05, 0.1) is 18.6 Å². The minimum Gasteiger partial charge on any atom is -0.380 e. The number of rotatable bonds is 5. The van der Waals surface area contributed by atoms with Crippen LogP contribution in [0, 0.1) is 0 Å². The molecule has 0 saturated heterocycles. The van der Waals surface area contributed by atoms with E-state index in [2.05, 4.69) is 5.32 Å². The van der Waals surface area contributed by atoms with E-state index >= 15 is 0 Å². The third-order valence-corrected chi connectivity index (χ3v) is 5.56. The van der Waals surface area contributed by atoms with Gasteiger partial charge in [0.1, 0.15) is 0 Å². The summed E-state index contributed by atoms with van der Waals surface area (Å²) in [7, 11) is -1.71. The van der Waals surface area contributed by atoms with Gasteiger partial charge in [-0.1, -0.05) is 18.2 Å². The van der Waals surface area contributed by atoms with Gasteiger partial charge in [-0.05, 0) is 42.7 Å². The van der Waals surface area contributed by atoms with Crippen molar-refractivity contribution < 1.29 is 17.9 Å². The Morgan fingerprint density at radius 1 is 1.23 bits per heavy atom. The van der Waals surface area contributed by atoms with Gasteiger partial charge in [-0.15, -0.1) is 0 Å². The standard InChI is InChI=1S/C19H22N2O4S/c1-25-13-16-6-3-4-8-17(16)20-19(22)15-9-10-18-14(12-15)7-5-11-21(18)26(2,23)24/h3-4,6,8-10,12H,5,7,11,13H2,1-2H3,(H,20,22). The van der Waals surface area contributed by atoms with Crippen molar-refractivity contribution in [1.29, 1.82) is 0 Å². The molecule has 0 unspecified atom stereocenters. The fourth-order valence-corrected chi connectivity index (χ4v) is 4.16. The zero-order valence-electron chi connectivity index (χ0n) is 14.9. The largest absolute Gasteiger partial charge is 0.380 e. The Bertz CT molecular complexity index is 925. The molecule has 0 aromatic heterocycles. The number of carbonyl (C=O) groups excluding carboxylic acids is 1. The molecule has 1 aliphatic heterocycles. The second kappa shape index (κ2) is 7.47. The molecule has 6 nitrogen and oxygen atoms in total. The van der Waals surface area contributed by atoms with Crippen molar-refractivity contribution in [2.45, 2.75) is 19.4 Å². The summed E-state index contributed by atoms with van der Waals surface area (Å²) >= 11 is 0. The molecule has 0 radical (unpaired) electrons. The smallest absolute Gasteiger partial charge is 0.255 e. The number of carbonyl (C=O) groups is 1. The van der Waals surface area contributed by atoms with E-state index in [1.54, 1.807) is 25.3 Å². The van der Waals surface area contributed by atoms with E-state index in [-0.39, 0.29) is 5.91 Å². The van der Waals surface area contributed by atoms with Gasteiger partial charge < -0.3 is 10.1 Å². The second-order valence-corrected chi connectivity index (χ2v) is 8.23. The lowest BCUT2D eigenvalue weighted by Crippen LogP contribution is -2.34. The number of benzene rings is 2. The lowest BCUT2D eigenvalue weighted by atomic mass is 10.0. The molecule has 1 heterocycles. The fraction of sp³-hybridized carbons (Fsp3) is 0.316. The molecule has 0 bridgehead atoms. The monoisotopic (exact) mass is 374 g/mol. The first kappa shape index (κ1) is 18.4. The predicted octanol–water partition coefficient (Wildman–Crippen LogP) is 2.80. The summed E-state index contributed by atoms with van der Waals surface area (Å²) in [5.41, 5.74) is 3.64. The Kier molecular flexibility index (Phi) is 5.29. The van der Waals surface area contributed by atoms with Crippen LogP contribution in [0.5, 0.6) is 0 Å². The average molecular weight is 374 g/mol. The minimum absolute atomic E-state index is 0.229. The number of fused-ring (bicyclic) bond motifs is 1. The van der Waals surface area contributed by atoms with Gasteiger partial charge in [-0.3, -0.25) is 9.10 Å². The van der Waals surface area contributed by atoms with Gasteiger partial charge in [-0.25, -0.2) is 8.42 Å². The zero-order chi connectivity index (χ0) is 18.7. The molecular weight excluding hydrogens is 352 g/mol. The van der Waals surface area contributed by atoms with Gasteiger partial charge in [0.2, 0.25) is 10.0 Å². The molecule has 1 aliphatic rings. The first-order valence-electron chi connectivity index (χ1n) is 8.39. The van der Waals surface area contributed by atoms with Crippen LogP contribution in [0.25, 0.3) is 0 Å². The maximum absolute atomic E-state index is 12.7. The highest BCUT2D eigenvalue weighted by Crippen LogP contribution is 2.30. The molecule has 0 aliphatic carbocycles. The maximum Gasteiger partial charge on any atom is 0.255 e. The minimum atomic E-state index is -3.31. The molecule has 2 aromatic carbocycles. The van der Waals surface area contributed by atoms with Crippen molar-refractivity contribution in [1.82, 2.24) is 0 Å². The van der Waals surface area contributed by atoms with Crippen LogP contribution in [0.1, 0.15) is 27.9 Å². The molecule has 2 aromatic rings. The normalized spacial score (nSPS) is 14.0. The van der Waals surface area contributed by atoms with E-state index in [0.717, 1.165) is 24.0 Å². The zero-order valence-corrected chi connectivity index (χ0v) is 15.7. The molecule has 0 fully saturated rings. The van der Waals surface area contributed by atoms with Gasteiger partial charge in [0.25, 0.3) is 5.91 Å². The molecular formula is C19H22N2O4S. The number of methoxy groups -OCH3 is 1. The van der Waals surface area contributed by atoms with E-state index < -0.39 is 10.0 Å². The summed E-state index contributed by atoms with van der Waals surface area (Å²) in [6.07, 6.45) is 2.69. The van der Waals surface area contributed by atoms with Crippen molar-refractivity contribution >= 4 is 27.3 Å². The summed E-state index contributed by atoms with van der Waals surface area (Å²) in [5, 5.41) is 2.91. The summed E-state index contributed by atoms with van der Waals surface area (Å²) in [4.78, 5) is 12.7. The summed E-state index contributed by atoms with van der Waals surface area (Å²) in [5.74, 6) is -0.229. The van der Waals surface area contributed by atoms with E-state index in [1.165, 1.54) is 10.6 Å². The molecule has 0 atom stereocenters. The summed E-state index contributed by atoms with van der Waals surface area (Å²) < 4.78 is 30.5. The van der Waals surface area contributed by atoms with Crippen LogP contribution in [0.4, 0.5) is 11.4 Å². The molecule has 0 saturated carbocycles. The summed E-state index contributed by atoms with van der Waals surface area (Å²) in [6, 6.07) is 12.6. The van der Waals surface area contributed by atoms with Gasteiger partial charge in [-0.2, -0.15) is 0 Å². The van der Waals surface area contributed by atoms with Gasteiger partial charge in [0.15, 0.2) is 0 Å². The predicted molar refractivity (Wildman–Crippen MR) is 102 cm³/mol. The topological polar surface area (TPSA) is 75.7 Å². The molecule has 1 N–H and O–H groups in total. The lowest BCUT2D eigenvalue weighted by molar-refractivity contribution is 0.102. The van der Waals surface area contributed by atoms with Gasteiger partial charge >= 0.3 is 0 Å². The van der Waals surface area contributed by atoms with Crippen LogP contribution in [-0.4, -0.2) is 34.2 Å². The van der Waals surface area contributed by atoms with Crippen molar-refractivity contribution in [3.63, 3.8) is 0 Å². The van der Waals surface area contributed by atoms with Crippen LogP contribution in [-0.2, 0) is 27.8 Å². The summed E-state index contributed by atoms with van der Waals surface area (Å²) in [6.45, 7) is 0.881. The third-order valence-electron chi connectivity index (χ3n) is 4.38. The highest BCUT2D eigenvalue weighted by molar-refractivity contribution is 7.92. The van der Waals surface area contributed by atoms with Crippen LogP contribution in [0.3, 0.4) is 0 Å². The number of nitrogens with one attached hydrogen (secondary N) is 1. The Morgan fingerprint density at radius 3 is 2.73 bits per heavy atom. The molecule has 26 heavy (non-hydrogen) atoms. The lowest BCUT2D eigenvalue weighted by Gasteiger charge is -2.29. The number of para-hydroxylation sites is 1. The number of aryl methyl sites for hydroxylation is 1. The van der Waals surface area contributed by atoms with Crippen molar-refractivity contribution in [3.8, 4) is 0 Å². The maximum atomic E-state index is 12.7. The molecule has 7 heteroatoms. The Balaban J connectivity index is 1.86. The Morgan fingerprint density at radius 2 is 2.00 bits per heavy atom. The molecule has 1 amide bonds. The van der Waals surface area contributed by atoms with E-state index in [9.17, 15) is 13.2 Å². The molecule has 138 valence electrons. The van der Waals surface area contributed by atoms with E-state index in [1.807, 2.05) is 24.3 Å². The van der Waals surface area contributed by atoms with E-state index in [0.29, 0.717) is 30.1 Å². The van der Waals surface area contributed by atoms with Crippen molar-refractivity contribution in [2.24, 2.45) is 0 Å². The second-order valence-electron chi connectivity index (χ2n) is 6.33. The first-order chi connectivity index (χ1) is 12.4. The van der Waals surface area contributed by atoms with Crippen molar-refractivity contribution in [3.05, 3.63) is 59.2 Å². The first-order valence-corrected chi connectivity index (χ1v) is 10.2. The van der Waals surface area contributed by atoms with E-state index in [4.69, 9.17) is 4.74 Å². The van der Waals surface area contributed by atoms with Crippen LogP contribution >= 0.6 is 0 Å². The van der Waals surface area contributed by atoms with Gasteiger partial charge in [0, 0.05) is 30.5 Å². The van der Waals surface area contributed by atoms with Crippen LogP contribution in [0.2, 0.25) is 0 Å². The number of ether oxygens (including phenoxy) is 1. The molecule has 3 rings (SSSR count). The number of hydrogen-bond acceptors (Lipinski definition) is 4. The number of nitrogens with zero attached hydrogens (tertiary/aromatic N) is 1. The highest BCUT2D eigenvalue weighted by atomic mass is 32.2. The quantitative estimate of drug-likeness (QED) is 0.873. The SMILES string of the molecule is COCc1ccccc1NC(=O)c1ccc2c(c1)CCCN2S(C)(=O)=O. The molecule has 0 spiro atoms. The van der Waals surface area contributed by atoms with Crippen LogP contribution < -0.4 is 9.62 Å². The Labute approximate surface area is 153 Å². The number of amides is 1. The number of sulfonamides is 1. The van der Waals surface area contributed by atoms with Crippen LogP contribution in [0.15, 0.2) is 42.5 Å². The number of hydrogen-bond donors (Lipinski definition) is 1. The fourth-order valence-electron chi connectivity index (χ4n) is 3.17. The third kappa shape index (κ3) is 3.89. The Hall–Kier alpha value is -2.38. The average Bonchev–Trinajstić information content (AvgIpc) is 2.61. The highest BCUT2D eigenvalue weighted by Gasteiger charge is 2.24.